The number of nitrogens with zero attached hydrogens (tertiary/aromatic N) is 1. The van der Waals surface area contributed by atoms with Crippen molar-refractivity contribution < 1.29 is 37.3 Å². The van der Waals surface area contributed by atoms with E-state index >= 15 is 0 Å². The van der Waals surface area contributed by atoms with Crippen molar-refractivity contribution in [1.29, 1.82) is 0 Å². The third-order valence-electron chi connectivity index (χ3n) is 13.2. The fraction of sp³-hybridized carbons (Fsp3) is 0.727. The smallest absolute Gasteiger partial charge is 0.306 e. The normalized spacial score (nSPS) is 14.4. The van der Waals surface area contributed by atoms with E-state index < -0.39 is 26.6 Å². The molecule has 0 saturated carbocycles. The molecular formula is C66H117N2O7P. The summed E-state index contributed by atoms with van der Waals surface area (Å²) < 4.78 is 30.3. The van der Waals surface area contributed by atoms with Crippen LogP contribution in [0.2, 0.25) is 0 Å². The lowest BCUT2D eigenvalue weighted by Gasteiger charge is -2.30. The number of unbranched alkanes of at least 4 members (excludes halogenated alkanes) is 25. The van der Waals surface area contributed by atoms with Crippen molar-refractivity contribution in [1.82, 2.24) is 5.32 Å². The van der Waals surface area contributed by atoms with E-state index in [-0.39, 0.29) is 31.3 Å². The summed E-state index contributed by atoms with van der Waals surface area (Å²) in [5.41, 5.74) is 0. The first-order valence-corrected chi connectivity index (χ1v) is 32.5. The quantitative estimate of drug-likeness (QED) is 0.0212. The molecule has 0 aliphatic heterocycles. The number of quaternary nitrogens is 1. The van der Waals surface area contributed by atoms with E-state index in [1.807, 2.05) is 33.3 Å². The first kappa shape index (κ1) is 72.9. The summed E-state index contributed by atoms with van der Waals surface area (Å²) in [5, 5.41) is 3.02. The highest BCUT2D eigenvalue weighted by Crippen LogP contribution is 2.38. The molecule has 0 fully saturated rings. The number of ether oxygens (including phenoxy) is 1. The molecule has 10 heteroatoms. The number of amides is 1. The second kappa shape index (κ2) is 55.3. The molecule has 1 N–H and O–H groups in total. The molecule has 3 unspecified atom stereocenters. The third-order valence-corrected chi connectivity index (χ3v) is 14.2. The van der Waals surface area contributed by atoms with E-state index in [1.54, 1.807) is 0 Å². The Morgan fingerprint density at radius 1 is 0.474 bits per heavy atom. The van der Waals surface area contributed by atoms with Crippen LogP contribution in [0.3, 0.4) is 0 Å². The lowest BCUT2D eigenvalue weighted by atomic mass is 10.0. The molecule has 0 heterocycles. The minimum absolute atomic E-state index is 0.0322. The summed E-state index contributed by atoms with van der Waals surface area (Å²) >= 11 is 0. The highest BCUT2D eigenvalue weighted by Gasteiger charge is 2.27. The molecule has 0 radical (unpaired) electrons. The first-order chi connectivity index (χ1) is 36.9. The van der Waals surface area contributed by atoms with Crippen molar-refractivity contribution in [3.8, 4) is 0 Å². The number of carbonyl (C=O) groups excluding carboxylic acids is 2. The zero-order chi connectivity index (χ0) is 55.7. The summed E-state index contributed by atoms with van der Waals surface area (Å²) in [6.07, 6.45) is 73.7. The summed E-state index contributed by atoms with van der Waals surface area (Å²) in [5.74, 6) is -0.575. The molecule has 0 aromatic heterocycles. The van der Waals surface area contributed by atoms with Gasteiger partial charge in [-0.25, -0.2) is 0 Å². The number of phosphoric ester groups is 1. The number of esters is 1. The molecule has 0 aromatic carbocycles. The zero-order valence-electron chi connectivity index (χ0n) is 49.9. The van der Waals surface area contributed by atoms with Gasteiger partial charge in [-0.3, -0.25) is 14.2 Å². The van der Waals surface area contributed by atoms with Crippen LogP contribution in [0, 0.1) is 0 Å². The molecule has 0 aliphatic carbocycles. The Morgan fingerprint density at radius 3 is 1.29 bits per heavy atom. The second-order valence-corrected chi connectivity index (χ2v) is 23.2. The van der Waals surface area contributed by atoms with Gasteiger partial charge in [0, 0.05) is 12.8 Å². The van der Waals surface area contributed by atoms with Gasteiger partial charge in [-0.2, -0.15) is 0 Å². The lowest BCUT2D eigenvalue weighted by molar-refractivity contribution is -0.870. The van der Waals surface area contributed by atoms with Crippen LogP contribution in [0.5, 0.6) is 0 Å². The van der Waals surface area contributed by atoms with Gasteiger partial charge in [-0.1, -0.05) is 234 Å². The van der Waals surface area contributed by atoms with E-state index in [0.717, 1.165) is 116 Å². The van der Waals surface area contributed by atoms with Crippen LogP contribution in [0.15, 0.2) is 97.2 Å². The maximum Gasteiger partial charge on any atom is 0.306 e. The first-order valence-electron chi connectivity index (χ1n) is 31.0. The molecule has 0 aromatic rings. The van der Waals surface area contributed by atoms with Crippen LogP contribution < -0.4 is 10.2 Å². The summed E-state index contributed by atoms with van der Waals surface area (Å²) in [4.78, 5) is 40.0. The van der Waals surface area contributed by atoms with Crippen molar-refractivity contribution in [2.24, 2.45) is 0 Å². The fourth-order valence-corrected chi connectivity index (χ4v) is 9.18. The van der Waals surface area contributed by atoms with Gasteiger partial charge in [-0.15, -0.1) is 0 Å². The second-order valence-electron chi connectivity index (χ2n) is 21.8. The maximum atomic E-state index is 13.5. The number of rotatable bonds is 55. The lowest BCUT2D eigenvalue weighted by Crippen LogP contribution is -2.47. The molecule has 438 valence electrons. The Balaban J connectivity index is 5.31. The van der Waals surface area contributed by atoms with E-state index in [0.29, 0.717) is 23.9 Å². The van der Waals surface area contributed by atoms with Crippen molar-refractivity contribution in [3.05, 3.63) is 97.2 Å². The van der Waals surface area contributed by atoms with Crippen LogP contribution in [0.1, 0.15) is 258 Å². The highest BCUT2D eigenvalue weighted by molar-refractivity contribution is 7.45. The van der Waals surface area contributed by atoms with Crippen molar-refractivity contribution in [2.75, 3.05) is 40.9 Å². The number of allylic oxidation sites excluding steroid dienone is 15. The largest absolute Gasteiger partial charge is 0.756 e. The third kappa shape index (κ3) is 55.7. The highest BCUT2D eigenvalue weighted by atomic mass is 31.2. The standard InChI is InChI=1S/C66H117N2O7P/c1-7-10-13-16-19-22-25-28-30-32-33-34-35-37-38-40-43-46-49-52-55-58-65(69)67-63(62-74-76(71,72)73-61-60-68(4,5)6)64(57-54-51-48-45-42-27-24-21-18-15-12-9-3)75-66(70)59-56-53-50-47-44-41-39-36-31-29-26-23-20-17-14-11-8-2/h10,13,19-20,22-23,28-31,33-34,37-38,54,57,63-64H,7-9,11-12,14-18,21,24-27,32,35-36,39-53,55-56,58-62H2,1-6H3,(H-,67,69,71,72)/b13-10-,22-19-,23-20-,30-28-,31-29-,34-33-,38-37-,57-54-. The van der Waals surface area contributed by atoms with Crippen LogP contribution >= 0.6 is 7.82 Å². The van der Waals surface area contributed by atoms with Gasteiger partial charge < -0.3 is 28.5 Å². The molecule has 0 saturated heterocycles. The number of hydrogen-bond acceptors (Lipinski definition) is 7. The Kier molecular flexibility index (Phi) is 53.0. The Labute approximate surface area is 468 Å². The van der Waals surface area contributed by atoms with Gasteiger partial charge in [0.15, 0.2) is 0 Å². The van der Waals surface area contributed by atoms with Gasteiger partial charge in [0.2, 0.25) is 5.91 Å². The SMILES string of the molecule is CC/C=C\C/C=C\C/C=C\C/C=C\C/C=C\CCCCCCCC(=O)NC(COP(=O)([O-])OCC[N+](C)(C)C)C(/C=C\CCCCCCCCCCCC)OC(=O)CCCCCCCCC/C=C\C/C=C\CCCCC. The monoisotopic (exact) mass is 1080 g/mol. The average molecular weight is 1080 g/mol. The Bertz CT molecular complexity index is 1620. The molecule has 76 heavy (non-hydrogen) atoms. The van der Waals surface area contributed by atoms with E-state index in [9.17, 15) is 19.0 Å². The van der Waals surface area contributed by atoms with Crippen molar-refractivity contribution in [3.63, 3.8) is 0 Å². The predicted octanol–water partition coefficient (Wildman–Crippen LogP) is 18.5. The van der Waals surface area contributed by atoms with Crippen LogP contribution in [-0.2, 0) is 27.9 Å². The van der Waals surface area contributed by atoms with Gasteiger partial charge in [0.1, 0.15) is 19.3 Å². The molecule has 0 spiro atoms. The number of nitrogens with one attached hydrogen (secondary N) is 1. The molecule has 0 aliphatic rings. The van der Waals surface area contributed by atoms with E-state index in [2.05, 4.69) is 111 Å². The predicted molar refractivity (Wildman–Crippen MR) is 325 cm³/mol. The molecule has 3 atom stereocenters. The molecule has 0 rings (SSSR count). The van der Waals surface area contributed by atoms with Gasteiger partial charge in [0.05, 0.1) is 33.8 Å². The molecule has 1 amide bonds. The van der Waals surface area contributed by atoms with E-state index in [4.69, 9.17) is 13.8 Å². The Morgan fingerprint density at radius 2 is 0.842 bits per heavy atom. The average Bonchev–Trinajstić information content (AvgIpc) is 3.38. The van der Waals surface area contributed by atoms with Gasteiger partial charge in [-0.05, 0) is 109 Å². The number of phosphoric acid groups is 1. The summed E-state index contributed by atoms with van der Waals surface area (Å²) in [6, 6.07) is -0.907. The topological polar surface area (TPSA) is 114 Å². The molecular weight excluding hydrogens is 964 g/mol. The summed E-state index contributed by atoms with van der Waals surface area (Å²) in [6.45, 7) is 6.68. The fourth-order valence-electron chi connectivity index (χ4n) is 8.46. The van der Waals surface area contributed by atoms with Crippen molar-refractivity contribution >= 4 is 19.7 Å². The number of likely N-dealkylation sites (N-methyl/N-ethyl adjacent to an activating group) is 1. The van der Waals surface area contributed by atoms with Crippen molar-refractivity contribution in [2.45, 2.75) is 270 Å². The maximum absolute atomic E-state index is 13.5. The molecule has 0 bridgehead atoms. The van der Waals surface area contributed by atoms with E-state index in [1.165, 1.54) is 96.3 Å². The number of carbonyl (C=O) groups is 2. The minimum atomic E-state index is -4.71. The van der Waals surface area contributed by atoms with Crippen LogP contribution in [0.4, 0.5) is 0 Å². The zero-order valence-corrected chi connectivity index (χ0v) is 50.8. The van der Waals surface area contributed by atoms with Crippen LogP contribution in [-0.4, -0.2) is 69.4 Å². The number of hydrogen-bond donors (Lipinski definition) is 1. The molecule has 9 nitrogen and oxygen atoms in total. The minimum Gasteiger partial charge on any atom is -0.756 e. The summed E-state index contributed by atoms with van der Waals surface area (Å²) in [7, 11) is 1.15. The Hall–Kier alpha value is -3.07. The van der Waals surface area contributed by atoms with Crippen LogP contribution in [0.25, 0.3) is 0 Å². The van der Waals surface area contributed by atoms with Gasteiger partial charge in [0.25, 0.3) is 7.82 Å². The van der Waals surface area contributed by atoms with Gasteiger partial charge >= 0.3 is 5.97 Å².